The van der Waals surface area contributed by atoms with E-state index in [0.717, 1.165) is 0 Å². The van der Waals surface area contributed by atoms with Gasteiger partial charge in [0.15, 0.2) is 0 Å². The Hall–Kier alpha value is -2.78. The summed E-state index contributed by atoms with van der Waals surface area (Å²) in [6.07, 6.45) is 0. The maximum atomic E-state index is 14.1. The predicted molar refractivity (Wildman–Crippen MR) is 166 cm³/mol. The maximum absolute atomic E-state index is 14.1. The van der Waals surface area contributed by atoms with Crippen LogP contribution in [0.2, 0.25) is 30.1 Å². The van der Waals surface area contributed by atoms with Gasteiger partial charge < -0.3 is 4.74 Å². The summed E-state index contributed by atoms with van der Waals surface area (Å²) in [5.41, 5.74) is 1.71. The van der Waals surface area contributed by atoms with Crippen LogP contribution in [-0.4, -0.2) is 26.7 Å². The van der Waals surface area contributed by atoms with Crippen molar-refractivity contribution in [1.82, 2.24) is 19.6 Å². The molecule has 0 aliphatic rings. The van der Waals surface area contributed by atoms with E-state index < -0.39 is 17.0 Å². The summed E-state index contributed by atoms with van der Waals surface area (Å²) in [6, 6.07) is 13.1. The lowest BCUT2D eigenvalue weighted by molar-refractivity contribution is 0.414. The number of aromatic nitrogens is 4. The number of nitrogens with one attached hydrogen (secondary N) is 2. The highest BCUT2D eigenvalue weighted by Gasteiger charge is 2.32. The second-order valence-corrected chi connectivity index (χ2v) is 11.7. The van der Waals surface area contributed by atoms with E-state index in [-0.39, 0.29) is 31.5 Å². The van der Waals surface area contributed by atoms with Crippen LogP contribution >= 0.6 is 69.6 Å². The average molecular weight is 673 g/mol. The van der Waals surface area contributed by atoms with Crippen LogP contribution < -0.4 is 15.9 Å². The van der Waals surface area contributed by atoms with E-state index >= 15 is 0 Å². The van der Waals surface area contributed by atoms with Crippen molar-refractivity contribution < 1.29 is 4.74 Å². The second kappa shape index (κ2) is 11.5. The van der Waals surface area contributed by atoms with Crippen molar-refractivity contribution in [2.45, 2.75) is 19.8 Å². The van der Waals surface area contributed by atoms with Gasteiger partial charge in [-0.3, -0.25) is 19.8 Å². The zero-order valence-corrected chi connectivity index (χ0v) is 26.1. The van der Waals surface area contributed by atoms with E-state index in [1.165, 1.54) is 40.7 Å². The van der Waals surface area contributed by atoms with Crippen molar-refractivity contribution >= 4 is 69.6 Å². The standard InChI is InChI=1S/C28H20Cl6N4O3/c1-12-22(27(39)37(35-12)25-18(31)8-15(29)9-19(25)32)24(14-5-4-6-17(7-14)41-3)23-13(2)36-38(28(23)40)26-20(33)10-16(30)11-21(26)34/h4-11,24,35-36H,1-3H3. The molecule has 2 N–H and O–H groups in total. The van der Waals surface area contributed by atoms with E-state index in [2.05, 4.69) is 10.2 Å². The minimum absolute atomic E-state index is 0.169. The molecular formula is C28H20Cl6N4O3. The monoisotopic (exact) mass is 670 g/mol. The van der Waals surface area contributed by atoms with Crippen molar-refractivity contribution in [3.8, 4) is 17.1 Å². The summed E-state index contributed by atoms with van der Waals surface area (Å²) < 4.78 is 7.94. The number of H-pyrrole nitrogens is 2. The number of methoxy groups -OCH3 is 1. The first kappa shape index (κ1) is 29.7. The molecule has 3 aromatic carbocycles. The summed E-state index contributed by atoms with van der Waals surface area (Å²) >= 11 is 38.0. The van der Waals surface area contributed by atoms with Gasteiger partial charge in [-0.15, -0.1) is 0 Å². The minimum Gasteiger partial charge on any atom is -0.497 e. The van der Waals surface area contributed by atoms with Gasteiger partial charge in [0.2, 0.25) is 0 Å². The molecule has 0 saturated carbocycles. The number of ether oxygens (including phenoxy) is 1. The Morgan fingerprint density at radius 2 is 1.10 bits per heavy atom. The molecule has 0 radical (unpaired) electrons. The Bertz CT molecular complexity index is 1780. The fourth-order valence-corrected chi connectivity index (χ4v) is 6.88. The number of hydrogen-bond acceptors (Lipinski definition) is 3. The molecule has 13 heteroatoms. The predicted octanol–water partition coefficient (Wildman–Crippen LogP) is 8.37. The van der Waals surface area contributed by atoms with Gasteiger partial charge in [-0.25, -0.2) is 9.36 Å². The van der Waals surface area contributed by atoms with Gasteiger partial charge >= 0.3 is 0 Å². The first-order valence-electron chi connectivity index (χ1n) is 12.0. The normalized spacial score (nSPS) is 11.5. The van der Waals surface area contributed by atoms with Gasteiger partial charge in [0.25, 0.3) is 11.1 Å². The average Bonchev–Trinajstić information content (AvgIpc) is 3.33. The smallest absolute Gasteiger partial charge is 0.275 e. The van der Waals surface area contributed by atoms with Crippen molar-refractivity contribution in [3.63, 3.8) is 0 Å². The topological polar surface area (TPSA) is 84.8 Å². The third-order valence-corrected chi connectivity index (χ3v) is 8.24. The van der Waals surface area contributed by atoms with Crippen LogP contribution in [0.1, 0.15) is 34.0 Å². The first-order chi connectivity index (χ1) is 19.4. The van der Waals surface area contributed by atoms with E-state index in [4.69, 9.17) is 74.3 Å². The fourth-order valence-electron chi connectivity index (χ4n) is 4.91. The fraction of sp³-hybridized carbons (Fsp3) is 0.143. The number of aryl methyl sites for hydroxylation is 2. The molecule has 7 nitrogen and oxygen atoms in total. The Labute approximate surface area is 264 Å². The molecule has 0 atom stereocenters. The van der Waals surface area contributed by atoms with E-state index in [1.54, 1.807) is 32.0 Å². The van der Waals surface area contributed by atoms with E-state index in [0.29, 0.717) is 43.9 Å². The molecule has 0 aliphatic heterocycles. The molecule has 5 aromatic rings. The SMILES string of the molecule is COc1cccc(C(c2c(C)[nH]n(-c3c(Cl)cc(Cl)cc3Cl)c2=O)c2c(C)[nH]n(-c3c(Cl)cc(Cl)cc3Cl)c2=O)c1. The lowest BCUT2D eigenvalue weighted by Gasteiger charge is -2.17. The number of halogens is 6. The summed E-state index contributed by atoms with van der Waals surface area (Å²) in [7, 11) is 1.53. The Kier molecular flexibility index (Phi) is 8.32. The van der Waals surface area contributed by atoms with Crippen LogP contribution in [0, 0.1) is 13.8 Å². The third kappa shape index (κ3) is 5.31. The van der Waals surface area contributed by atoms with Crippen LogP contribution in [-0.2, 0) is 0 Å². The van der Waals surface area contributed by atoms with Crippen molar-refractivity contribution in [1.29, 1.82) is 0 Å². The molecular weight excluding hydrogens is 653 g/mol. The highest BCUT2D eigenvalue weighted by atomic mass is 35.5. The summed E-state index contributed by atoms with van der Waals surface area (Å²) in [4.78, 5) is 28.3. The summed E-state index contributed by atoms with van der Waals surface area (Å²) in [5, 5.41) is 7.44. The molecule has 0 unspecified atom stereocenters. The molecule has 0 saturated heterocycles. The van der Waals surface area contributed by atoms with Crippen molar-refractivity contribution in [3.05, 3.63) is 127 Å². The van der Waals surface area contributed by atoms with Gasteiger partial charge in [-0.2, -0.15) is 0 Å². The minimum atomic E-state index is -0.852. The van der Waals surface area contributed by atoms with Crippen molar-refractivity contribution in [2.75, 3.05) is 7.11 Å². The van der Waals surface area contributed by atoms with Gasteiger partial charge in [-0.1, -0.05) is 81.7 Å². The summed E-state index contributed by atoms with van der Waals surface area (Å²) in [6.45, 7) is 3.46. The quantitative estimate of drug-likeness (QED) is 0.190. The van der Waals surface area contributed by atoms with Crippen LogP contribution in [0.5, 0.6) is 5.75 Å². The number of nitrogens with zero attached hydrogens (tertiary/aromatic N) is 2. The Morgan fingerprint density at radius 3 is 1.49 bits per heavy atom. The second-order valence-electron chi connectivity index (χ2n) is 9.23. The molecule has 0 bridgehead atoms. The zero-order valence-electron chi connectivity index (χ0n) is 21.6. The number of aromatic amines is 2. The molecule has 2 aromatic heterocycles. The van der Waals surface area contributed by atoms with E-state index in [9.17, 15) is 9.59 Å². The number of hydrogen-bond donors (Lipinski definition) is 2. The molecule has 0 aliphatic carbocycles. The largest absolute Gasteiger partial charge is 0.497 e. The van der Waals surface area contributed by atoms with Gasteiger partial charge in [-0.05, 0) is 55.8 Å². The van der Waals surface area contributed by atoms with Gasteiger partial charge in [0.05, 0.1) is 38.3 Å². The van der Waals surface area contributed by atoms with Crippen LogP contribution in [0.15, 0.2) is 58.1 Å². The highest BCUT2D eigenvalue weighted by molar-refractivity contribution is 6.41. The van der Waals surface area contributed by atoms with Crippen LogP contribution in [0.25, 0.3) is 11.4 Å². The molecule has 0 spiro atoms. The first-order valence-corrected chi connectivity index (χ1v) is 14.3. The molecule has 5 rings (SSSR count). The molecule has 0 amide bonds. The lowest BCUT2D eigenvalue weighted by atomic mass is 9.85. The van der Waals surface area contributed by atoms with Crippen LogP contribution in [0.3, 0.4) is 0 Å². The molecule has 212 valence electrons. The number of benzene rings is 3. The molecule has 0 fully saturated rings. The molecule has 41 heavy (non-hydrogen) atoms. The lowest BCUT2D eigenvalue weighted by Crippen LogP contribution is -2.25. The highest BCUT2D eigenvalue weighted by Crippen LogP contribution is 2.37. The third-order valence-electron chi connectivity index (χ3n) is 6.65. The maximum Gasteiger partial charge on any atom is 0.275 e. The Balaban J connectivity index is 1.82. The zero-order chi connectivity index (χ0) is 29.7. The van der Waals surface area contributed by atoms with Crippen molar-refractivity contribution in [2.24, 2.45) is 0 Å². The van der Waals surface area contributed by atoms with Gasteiger partial charge in [0.1, 0.15) is 17.1 Å². The molecule has 2 heterocycles. The van der Waals surface area contributed by atoms with Crippen LogP contribution in [0.4, 0.5) is 0 Å². The van der Waals surface area contributed by atoms with Gasteiger partial charge in [0, 0.05) is 27.4 Å². The van der Waals surface area contributed by atoms with E-state index in [1.807, 2.05) is 6.07 Å². The number of rotatable bonds is 6. The Morgan fingerprint density at radius 1 is 0.683 bits per heavy atom. The summed E-state index contributed by atoms with van der Waals surface area (Å²) in [5.74, 6) is -0.308.